The van der Waals surface area contributed by atoms with Gasteiger partial charge in [-0.25, -0.2) is 4.85 Å². The summed E-state index contributed by atoms with van der Waals surface area (Å²) in [5.41, 5.74) is 20.9. The highest BCUT2D eigenvalue weighted by molar-refractivity contribution is 6.36. The van der Waals surface area contributed by atoms with Crippen molar-refractivity contribution < 1.29 is 2.74 Å². The van der Waals surface area contributed by atoms with Gasteiger partial charge in [-0.2, -0.15) is 5.26 Å². The van der Waals surface area contributed by atoms with E-state index >= 15 is 0 Å². The van der Waals surface area contributed by atoms with E-state index in [1.54, 1.807) is 0 Å². The molecule has 4 unspecified atom stereocenters. The molecule has 0 fully saturated rings. The first kappa shape index (κ1) is 37.6. The summed E-state index contributed by atoms with van der Waals surface area (Å²) < 4.78 is 25.4. The van der Waals surface area contributed by atoms with Crippen LogP contribution in [0.15, 0.2) is 146 Å². The van der Waals surface area contributed by atoms with Gasteiger partial charge in [-0.1, -0.05) is 139 Å². The lowest BCUT2D eigenvalue weighted by molar-refractivity contribution is 0.333. The number of nitrogens with zero attached hydrogens (tertiary/aromatic N) is 4. The maximum atomic E-state index is 11.4. The Labute approximate surface area is 420 Å². The van der Waals surface area contributed by atoms with Crippen molar-refractivity contribution in [1.82, 2.24) is 8.80 Å². The van der Waals surface area contributed by atoms with E-state index in [0.29, 0.717) is 17.3 Å². The summed E-state index contributed by atoms with van der Waals surface area (Å²) in [6.07, 6.45) is 9.13. The van der Waals surface area contributed by atoms with Crippen molar-refractivity contribution in [2.24, 2.45) is 11.8 Å². The van der Waals surface area contributed by atoms with Crippen LogP contribution in [-0.2, 0) is 10.8 Å². The van der Waals surface area contributed by atoms with Crippen molar-refractivity contribution >= 4 is 81.9 Å². The Morgan fingerprint density at radius 3 is 1.39 bits per heavy atom. The Morgan fingerprint density at radius 1 is 0.514 bits per heavy atom. The summed E-state index contributed by atoms with van der Waals surface area (Å²) in [6.45, 7) is 22.7. The van der Waals surface area contributed by atoms with Gasteiger partial charge in [0.1, 0.15) is 0 Å². The van der Waals surface area contributed by atoms with Gasteiger partial charge >= 0.3 is 0 Å². The van der Waals surface area contributed by atoms with Crippen molar-refractivity contribution in [3.8, 4) is 6.07 Å². The van der Waals surface area contributed by atoms with Crippen LogP contribution in [0.1, 0.15) is 140 Å². The van der Waals surface area contributed by atoms with Gasteiger partial charge in [0, 0.05) is 72.3 Å². The molecule has 4 heteroatoms. The van der Waals surface area contributed by atoms with Crippen molar-refractivity contribution in [2.45, 2.75) is 76.0 Å². The maximum absolute atomic E-state index is 11.4. The number of nitriles is 1. The van der Waals surface area contributed by atoms with Crippen LogP contribution >= 0.6 is 0 Å². The molecule has 0 saturated heterocycles. The van der Waals surface area contributed by atoms with Crippen molar-refractivity contribution in [2.75, 3.05) is 0 Å². The van der Waals surface area contributed by atoms with E-state index in [0.717, 1.165) is 87.3 Å². The SMILES string of the molecule is [2H]c1c([N+]#[C-])c2c(c3c4cc(C(C)(C)C)cc5c6c7c8cc(C(C)(C)C)cc9c%10c%11c(c(C#N)c([2H])c%10n(c7ccc6n(c13)c45)c98)C1c3ccccc3C%11C3C=CC=CC13)C1c3ccccc3C2c2ccccc21. The van der Waals surface area contributed by atoms with Crippen LogP contribution in [0.4, 0.5) is 5.69 Å². The molecule has 0 amide bonds. The number of hydrogen-bond acceptors (Lipinski definition) is 1. The third-order valence-corrected chi connectivity index (χ3v) is 18.5. The molecule has 4 nitrogen and oxygen atoms in total. The van der Waals surface area contributed by atoms with E-state index in [1.165, 1.54) is 55.6 Å². The van der Waals surface area contributed by atoms with E-state index in [2.05, 4.69) is 195 Å². The minimum atomic E-state index is -0.216. The molecule has 19 rings (SSSR count). The predicted octanol–water partition coefficient (Wildman–Crippen LogP) is 16.9. The molecule has 72 heavy (non-hydrogen) atoms. The molecular weight excluding hydrogens is 873 g/mol. The summed E-state index contributed by atoms with van der Waals surface area (Å²) in [4.78, 5) is 4.34. The second kappa shape index (κ2) is 12.6. The molecule has 340 valence electrons. The average molecular weight is 923 g/mol. The second-order valence-electron chi connectivity index (χ2n) is 23.8. The molecule has 4 atom stereocenters. The Morgan fingerprint density at radius 2 is 0.931 bits per heavy atom. The Hall–Kier alpha value is -8.18. The number of aromatic nitrogens is 2. The minimum absolute atomic E-state index is 0.0274. The third-order valence-electron chi connectivity index (χ3n) is 18.5. The van der Waals surface area contributed by atoms with Crippen molar-refractivity contribution in [1.29, 1.82) is 5.26 Å². The van der Waals surface area contributed by atoms with Crippen LogP contribution < -0.4 is 0 Å². The average Bonchev–Trinajstić information content (AvgIpc) is 4.14. The lowest BCUT2D eigenvalue weighted by atomic mass is 9.52. The fourth-order valence-electron chi connectivity index (χ4n) is 15.7. The second-order valence-corrected chi connectivity index (χ2v) is 23.8. The standard InChI is InChI=1S/C68H48N4/c1-67(2,3)34-27-44-58-49(71-51-26-33(32-69)53-54-36-16-8-12-20-40(36)56(41-21-13-9-17-37(41)54)63(53)60(51)46(29-34)65(44)71)24-25-50-59(58)45-28-35(68(4,5)6)30-47-61-52(72(50)66(45)47)31-48(70-7)62-55-38-18-10-14-22-42(38)57(64(61)62)43-23-15-11-19-39(43)55/h8-31,36,40,54-57H,1-6H3/i26D,31D. The Balaban J connectivity index is 1.07. The van der Waals surface area contributed by atoms with E-state index in [4.69, 9.17) is 6.57 Å². The molecule has 7 aliphatic carbocycles. The van der Waals surface area contributed by atoms with Gasteiger partial charge in [0.2, 0.25) is 0 Å². The Bertz CT molecular complexity index is 4790. The lowest BCUT2D eigenvalue weighted by Crippen LogP contribution is -2.39. The van der Waals surface area contributed by atoms with Crippen molar-refractivity contribution in [3.05, 3.63) is 229 Å². The third kappa shape index (κ3) is 4.37. The zero-order valence-corrected chi connectivity index (χ0v) is 41.0. The number of allylic oxidation sites excluding steroid dienone is 4. The first-order chi connectivity index (χ1) is 35.8. The van der Waals surface area contributed by atoms with Gasteiger partial charge in [-0.05, 0) is 138 Å². The molecule has 0 aliphatic heterocycles. The molecule has 0 saturated carbocycles. The monoisotopic (exact) mass is 922 g/mol. The fourth-order valence-corrected chi connectivity index (χ4v) is 15.7. The van der Waals surface area contributed by atoms with Gasteiger partial charge in [-0.3, -0.25) is 0 Å². The van der Waals surface area contributed by atoms with Crippen LogP contribution in [0.2, 0.25) is 0 Å². The van der Waals surface area contributed by atoms with Crippen LogP contribution in [0.5, 0.6) is 0 Å². The van der Waals surface area contributed by atoms with Gasteiger partial charge in [-0.15, -0.1) is 0 Å². The lowest BCUT2D eigenvalue weighted by Gasteiger charge is -2.50. The van der Waals surface area contributed by atoms with E-state index in [1.807, 2.05) is 0 Å². The van der Waals surface area contributed by atoms with Gasteiger partial charge < -0.3 is 8.80 Å². The van der Waals surface area contributed by atoms with Crippen LogP contribution in [0.3, 0.4) is 0 Å². The number of fused-ring (bicyclic) bond motifs is 13. The van der Waals surface area contributed by atoms with Crippen molar-refractivity contribution in [3.63, 3.8) is 0 Å². The van der Waals surface area contributed by atoms with Crippen LogP contribution in [0, 0.1) is 29.7 Å². The highest BCUT2D eigenvalue weighted by Gasteiger charge is 2.51. The summed E-state index contributed by atoms with van der Waals surface area (Å²) in [5.74, 6) is 0.224. The molecule has 0 spiro atoms. The summed E-state index contributed by atoms with van der Waals surface area (Å²) >= 11 is 0. The van der Waals surface area contributed by atoms with Crippen LogP contribution in [0.25, 0.3) is 81.0 Å². The zero-order chi connectivity index (χ0) is 49.9. The Kier molecular flexibility index (Phi) is 6.60. The largest absolute Gasteiger partial charge is 0.309 e. The van der Waals surface area contributed by atoms with Gasteiger partial charge in [0.15, 0.2) is 5.69 Å². The van der Waals surface area contributed by atoms with Gasteiger partial charge in [0.05, 0.1) is 48.5 Å². The first-order valence-electron chi connectivity index (χ1n) is 26.8. The highest BCUT2D eigenvalue weighted by Crippen LogP contribution is 2.64. The minimum Gasteiger partial charge on any atom is -0.309 e. The van der Waals surface area contributed by atoms with E-state index < -0.39 is 0 Å². The normalized spacial score (nSPS) is 21.7. The molecule has 7 aliphatic rings. The van der Waals surface area contributed by atoms with E-state index in [-0.39, 0.29) is 52.4 Å². The number of hydrogen-bond donors (Lipinski definition) is 0. The molecule has 4 aromatic heterocycles. The van der Waals surface area contributed by atoms with E-state index in [9.17, 15) is 8.00 Å². The molecule has 0 N–H and O–H groups in total. The summed E-state index contributed by atoms with van der Waals surface area (Å²) in [5, 5.41) is 20.4. The van der Waals surface area contributed by atoms with Gasteiger partial charge in [0.25, 0.3) is 0 Å². The summed E-state index contributed by atoms with van der Waals surface area (Å²) in [6, 6.07) is 43.9. The topological polar surface area (TPSA) is 37.0 Å². The van der Waals surface area contributed by atoms with Crippen LogP contribution in [-0.4, -0.2) is 8.80 Å². The molecule has 8 aromatic carbocycles. The fraction of sp³-hybridized carbons (Fsp3) is 0.206. The first-order valence-corrected chi connectivity index (χ1v) is 25.8. The maximum Gasteiger partial charge on any atom is 0.193 e. The number of rotatable bonds is 0. The molecular formula is C68H48N4. The molecule has 0 radical (unpaired) electrons. The summed E-state index contributed by atoms with van der Waals surface area (Å²) in [7, 11) is 0. The quantitative estimate of drug-likeness (QED) is 0.140. The predicted molar refractivity (Wildman–Crippen MR) is 294 cm³/mol. The molecule has 4 heterocycles. The molecule has 4 bridgehead atoms. The zero-order valence-electron chi connectivity index (χ0n) is 43.0. The highest BCUT2D eigenvalue weighted by atomic mass is 14.9. The smallest absolute Gasteiger partial charge is 0.193 e. The molecule has 12 aromatic rings. The number of benzene rings is 8.